The number of nitrogens with two attached hydrogens (primary N) is 1. The molecule has 1 aromatic carbocycles. The van der Waals surface area contributed by atoms with Crippen molar-refractivity contribution in [3.8, 4) is 0 Å². The van der Waals surface area contributed by atoms with Crippen molar-refractivity contribution in [3.63, 3.8) is 0 Å². The number of esters is 1. The summed E-state index contributed by atoms with van der Waals surface area (Å²) in [5.41, 5.74) is 7.36. The van der Waals surface area contributed by atoms with Gasteiger partial charge in [0.25, 0.3) is 0 Å². The van der Waals surface area contributed by atoms with E-state index in [9.17, 15) is 4.79 Å². The highest BCUT2D eigenvalue weighted by atomic mass is 16.5. The van der Waals surface area contributed by atoms with Gasteiger partial charge in [-0.15, -0.1) is 0 Å². The molecule has 0 bridgehead atoms. The minimum atomic E-state index is -0.195. The Labute approximate surface area is 101 Å². The lowest BCUT2D eigenvalue weighted by atomic mass is 10.1. The third-order valence-electron chi connectivity index (χ3n) is 2.41. The fourth-order valence-electron chi connectivity index (χ4n) is 1.40. The second-order valence-electron chi connectivity index (χ2n) is 3.89. The highest BCUT2D eigenvalue weighted by Crippen LogP contribution is 2.08. The molecule has 0 atom stereocenters. The first kappa shape index (κ1) is 13.5. The number of hydrogen-bond donors (Lipinski definition) is 2. The van der Waals surface area contributed by atoms with Crippen LogP contribution in [0.5, 0.6) is 0 Å². The zero-order chi connectivity index (χ0) is 12.5. The minimum absolute atomic E-state index is 0.142. The smallest absolute Gasteiger partial charge is 0.306 e. The lowest BCUT2D eigenvalue weighted by Gasteiger charge is -2.04. The van der Waals surface area contributed by atoms with Crippen LogP contribution in [0.15, 0.2) is 24.3 Å². The van der Waals surface area contributed by atoms with Crippen LogP contribution in [-0.2, 0) is 16.0 Å². The Kier molecular flexibility index (Phi) is 6.10. The Balaban J connectivity index is 2.17. The van der Waals surface area contributed by atoms with E-state index in [1.165, 1.54) is 0 Å². The average Bonchev–Trinajstić information content (AvgIpc) is 2.34. The summed E-state index contributed by atoms with van der Waals surface area (Å²) in [4.78, 5) is 11.3. The van der Waals surface area contributed by atoms with Gasteiger partial charge < -0.3 is 15.6 Å². The Morgan fingerprint density at radius 2 is 1.94 bits per heavy atom. The van der Waals surface area contributed by atoms with Crippen LogP contribution >= 0.6 is 0 Å². The Morgan fingerprint density at radius 3 is 2.59 bits per heavy atom. The minimum Gasteiger partial charge on any atom is -0.466 e. The largest absolute Gasteiger partial charge is 0.466 e. The summed E-state index contributed by atoms with van der Waals surface area (Å²) in [6.07, 6.45) is 2.43. The molecule has 1 aromatic rings. The zero-order valence-corrected chi connectivity index (χ0v) is 9.89. The van der Waals surface area contributed by atoms with Crippen molar-refractivity contribution in [3.05, 3.63) is 29.8 Å². The van der Waals surface area contributed by atoms with Gasteiger partial charge in [0.05, 0.1) is 6.61 Å². The molecule has 0 heterocycles. The first-order chi connectivity index (χ1) is 8.22. The van der Waals surface area contributed by atoms with Gasteiger partial charge in [-0.2, -0.15) is 0 Å². The van der Waals surface area contributed by atoms with Crippen LogP contribution in [0.3, 0.4) is 0 Å². The lowest BCUT2D eigenvalue weighted by Crippen LogP contribution is -2.07. The highest BCUT2D eigenvalue weighted by molar-refractivity contribution is 5.69. The normalized spacial score (nSPS) is 10.2. The maximum atomic E-state index is 11.3. The number of nitrogen functional groups attached to an aromatic ring is 1. The molecule has 1 rings (SSSR count). The van der Waals surface area contributed by atoms with Crippen molar-refractivity contribution in [2.45, 2.75) is 25.7 Å². The van der Waals surface area contributed by atoms with Gasteiger partial charge in [0, 0.05) is 18.7 Å². The first-order valence-electron chi connectivity index (χ1n) is 5.83. The molecule has 3 N–H and O–H groups in total. The molecule has 0 aliphatic carbocycles. The molecule has 17 heavy (non-hydrogen) atoms. The van der Waals surface area contributed by atoms with Crippen molar-refractivity contribution < 1.29 is 14.6 Å². The van der Waals surface area contributed by atoms with Crippen LogP contribution in [0.4, 0.5) is 5.69 Å². The third kappa shape index (κ3) is 5.92. The molecule has 4 nitrogen and oxygen atoms in total. The molecule has 0 spiro atoms. The number of benzene rings is 1. The Morgan fingerprint density at radius 1 is 1.24 bits per heavy atom. The first-order valence-corrected chi connectivity index (χ1v) is 5.83. The number of carbonyl (C=O) groups is 1. The van der Waals surface area contributed by atoms with Gasteiger partial charge in [0.1, 0.15) is 0 Å². The number of aliphatic hydroxyl groups is 1. The molecule has 0 radical (unpaired) electrons. The molecule has 0 saturated heterocycles. The topological polar surface area (TPSA) is 72.6 Å². The molecule has 94 valence electrons. The summed E-state index contributed by atoms with van der Waals surface area (Å²) in [5.74, 6) is -0.195. The molecule has 0 aromatic heterocycles. The number of ether oxygens (including phenoxy) is 1. The van der Waals surface area contributed by atoms with Gasteiger partial charge in [0.2, 0.25) is 0 Å². The van der Waals surface area contributed by atoms with E-state index < -0.39 is 0 Å². The monoisotopic (exact) mass is 237 g/mol. The molecule has 4 heteroatoms. The molecular weight excluding hydrogens is 218 g/mol. The van der Waals surface area contributed by atoms with Crippen LogP contribution in [0.2, 0.25) is 0 Å². The molecule has 0 aliphatic rings. The van der Waals surface area contributed by atoms with Gasteiger partial charge in [-0.1, -0.05) is 12.1 Å². The quantitative estimate of drug-likeness (QED) is 0.428. The number of aryl methyl sites for hydroxylation is 1. The van der Waals surface area contributed by atoms with Crippen LogP contribution in [0.25, 0.3) is 0 Å². The standard InChI is InChI=1S/C13H19NO3/c14-12-6-3-11(4-7-12)5-8-13(16)17-10-2-1-9-15/h3-4,6-7,15H,1-2,5,8-10,14H2. The predicted molar refractivity (Wildman–Crippen MR) is 66.5 cm³/mol. The van der Waals surface area contributed by atoms with Crippen molar-refractivity contribution in [1.29, 1.82) is 0 Å². The molecule has 0 fully saturated rings. The summed E-state index contributed by atoms with van der Waals surface area (Å²) in [6.45, 7) is 0.532. The van der Waals surface area contributed by atoms with Crippen molar-refractivity contribution in [1.82, 2.24) is 0 Å². The maximum absolute atomic E-state index is 11.3. The van der Waals surface area contributed by atoms with Crippen molar-refractivity contribution in [2.75, 3.05) is 18.9 Å². The number of unbranched alkanes of at least 4 members (excludes halogenated alkanes) is 1. The van der Waals surface area contributed by atoms with Crippen LogP contribution in [-0.4, -0.2) is 24.3 Å². The van der Waals surface area contributed by atoms with Gasteiger partial charge in [0.15, 0.2) is 0 Å². The summed E-state index contributed by atoms with van der Waals surface area (Å²) in [6, 6.07) is 7.46. The Hall–Kier alpha value is -1.55. The van der Waals surface area contributed by atoms with E-state index in [0.717, 1.165) is 11.3 Å². The third-order valence-corrected chi connectivity index (χ3v) is 2.41. The summed E-state index contributed by atoms with van der Waals surface area (Å²) in [7, 11) is 0. The molecular formula is C13H19NO3. The summed E-state index contributed by atoms with van der Waals surface area (Å²) in [5, 5.41) is 8.56. The van der Waals surface area contributed by atoms with Gasteiger partial charge in [-0.05, 0) is 37.0 Å². The molecule has 0 aliphatic heterocycles. The lowest BCUT2D eigenvalue weighted by molar-refractivity contribution is -0.143. The van der Waals surface area contributed by atoms with Gasteiger partial charge in [-0.25, -0.2) is 0 Å². The predicted octanol–water partition coefficient (Wildman–Crippen LogP) is 1.52. The number of aliphatic hydroxyl groups excluding tert-OH is 1. The van der Waals surface area contributed by atoms with Gasteiger partial charge >= 0.3 is 5.97 Å². The van der Waals surface area contributed by atoms with Crippen molar-refractivity contribution >= 4 is 11.7 Å². The van der Waals surface area contributed by atoms with E-state index in [4.69, 9.17) is 15.6 Å². The van der Waals surface area contributed by atoms with E-state index in [0.29, 0.717) is 32.3 Å². The maximum Gasteiger partial charge on any atom is 0.306 e. The van der Waals surface area contributed by atoms with E-state index in [2.05, 4.69) is 0 Å². The zero-order valence-electron chi connectivity index (χ0n) is 9.89. The SMILES string of the molecule is Nc1ccc(CCC(=O)OCCCCO)cc1. The van der Waals surface area contributed by atoms with Crippen LogP contribution < -0.4 is 5.73 Å². The highest BCUT2D eigenvalue weighted by Gasteiger charge is 2.03. The summed E-state index contributed by atoms with van der Waals surface area (Å²) < 4.78 is 5.01. The fraction of sp³-hybridized carbons (Fsp3) is 0.462. The number of hydrogen-bond acceptors (Lipinski definition) is 4. The molecule has 0 unspecified atom stereocenters. The van der Waals surface area contributed by atoms with Crippen LogP contribution in [0.1, 0.15) is 24.8 Å². The number of carbonyl (C=O) groups excluding carboxylic acids is 1. The Bertz CT molecular complexity index is 335. The van der Waals surface area contributed by atoms with Gasteiger partial charge in [-0.3, -0.25) is 4.79 Å². The average molecular weight is 237 g/mol. The number of rotatable bonds is 7. The second kappa shape index (κ2) is 7.68. The van der Waals surface area contributed by atoms with E-state index >= 15 is 0 Å². The van der Waals surface area contributed by atoms with Crippen LogP contribution in [0, 0.1) is 0 Å². The van der Waals surface area contributed by atoms with E-state index in [1.54, 1.807) is 0 Å². The van der Waals surface area contributed by atoms with E-state index in [1.807, 2.05) is 24.3 Å². The summed E-state index contributed by atoms with van der Waals surface area (Å²) >= 11 is 0. The molecule has 0 amide bonds. The molecule has 0 saturated carbocycles. The van der Waals surface area contributed by atoms with E-state index in [-0.39, 0.29) is 12.6 Å². The second-order valence-corrected chi connectivity index (χ2v) is 3.89. The fourth-order valence-corrected chi connectivity index (χ4v) is 1.40. The van der Waals surface area contributed by atoms with Crippen molar-refractivity contribution in [2.24, 2.45) is 0 Å². The number of anilines is 1.